The molecule has 2 aromatic rings. The number of anilines is 1. The van der Waals surface area contributed by atoms with Crippen molar-refractivity contribution in [3.05, 3.63) is 64.1 Å². The number of aryl methyl sites for hydroxylation is 1. The molecule has 124 valence electrons. The summed E-state index contributed by atoms with van der Waals surface area (Å²) in [4.78, 5) is 22.7. The number of hydrogen-bond acceptors (Lipinski definition) is 3. The van der Waals surface area contributed by atoms with Crippen LogP contribution in [-0.2, 0) is 9.59 Å². The van der Waals surface area contributed by atoms with Crippen LogP contribution in [0.15, 0.2) is 53.0 Å². The summed E-state index contributed by atoms with van der Waals surface area (Å²) in [5.74, 6) is -0.373. The number of carbonyl (C=O) groups excluding carboxylic acids is 2. The molecule has 0 radical (unpaired) electrons. The van der Waals surface area contributed by atoms with Crippen molar-refractivity contribution in [2.75, 3.05) is 11.9 Å². The van der Waals surface area contributed by atoms with Crippen LogP contribution in [0.5, 0.6) is 5.75 Å². The van der Waals surface area contributed by atoms with E-state index in [9.17, 15) is 9.59 Å². The maximum Gasteiger partial charge on any atom is 0.255 e. The lowest BCUT2D eigenvalue weighted by Crippen LogP contribution is -2.20. The number of halogens is 1. The molecule has 0 aliphatic rings. The van der Waals surface area contributed by atoms with Crippen molar-refractivity contribution in [2.24, 2.45) is 5.73 Å². The van der Waals surface area contributed by atoms with Gasteiger partial charge in [0.15, 0.2) is 6.61 Å². The van der Waals surface area contributed by atoms with Gasteiger partial charge >= 0.3 is 0 Å². The number of hydrogen-bond donors (Lipinski definition) is 2. The van der Waals surface area contributed by atoms with E-state index in [1.165, 1.54) is 6.08 Å². The summed E-state index contributed by atoms with van der Waals surface area (Å²) in [5.41, 5.74) is 7.64. The molecule has 0 saturated carbocycles. The number of nitrogens with two attached hydrogens (primary N) is 1. The van der Waals surface area contributed by atoms with Gasteiger partial charge in [-0.25, -0.2) is 0 Å². The van der Waals surface area contributed by atoms with E-state index in [1.807, 2.05) is 25.1 Å². The highest BCUT2D eigenvalue weighted by Gasteiger charge is 2.02. The van der Waals surface area contributed by atoms with Crippen LogP contribution in [0.3, 0.4) is 0 Å². The van der Waals surface area contributed by atoms with E-state index in [0.717, 1.165) is 15.6 Å². The van der Waals surface area contributed by atoms with E-state index in [4.69, 9.17) is 10.5 Å². The van der Waals surface area contributed by atoms with Gasteiger partial charge in [0.2, 0.25) is 5.91 Å². The third-order valence-electron chi connectivity index (χ3n) is 3.05. The third-order valence-corrected chi connectivity index (χ3v) is 3.74. The molecule has 0 spiro atoms. The Bertz CT molecular complexity index is 788. The SMILES string of the molecule is Cc1ccc(/C=C/C(=O)Nc2cccc(OCC(N)=O)c2)c(Br)c1. The average Bonchev–Trinajstić information content (AvgIpc) is 2.52. The largest absolute Gasteiger partial charge is 0.484 e. The monoisotopic (exact) mass is 388 g/mol. The first-order valence-electron chi connectivity index (χ1n) is 7.20. The van der Waals surface area contributed by atoms with Crippen LogP contribution in [-0.4, -0.2) is 18.4 Å². The fourth-order valence-corrected chi connectivity index (χ4v) is 2.56. The molecule has 2 amide bonds. The topological polar surface area (TPSA) is 81.4 Å². The summed E-state index contributed by atoms with van der Waals surface area (Å²) in [6.07, 6.45) is 3.18. The zero-order valence-electron chi connectivity index (χ0n) is 13.1. The van der Waals surface area contributed by atoms with Gasteiger partial charge in [-0.1, -0.05) is 34.1 Å². The first-order chi connectivity index (χ1) is 11.4. The van der Waals surface area contributed by atoms with Crippen LogP contribution < -0.4 is 15.8 Å². The van der Waals surface area contributed by atoms with Crippen LogP contribution in [0.1, 0.15) is 11.1 Å². The minimum atomic E-state index is -0.559. The van der Waals surface area contributed by atoms with Crippen LogP contribution in [0.2, 0.25) is 0 Å². The second-order valence-corrected chi connectivity index (χ2v) is 5.98. The first kappa shape index (κ1) is 17.7. The Balaban J connectivity index is 2.00. The molecule has 0 atom stereocenters. The summed E-state index contributed by atoms with van der Waals surface area (Å²) < 4.78 is 6.12. The Morgan fingerprint density at radius 1 is 1.25 bits per heavy atom. The molecule has 2 aromatic carbocycles. The molecule has 3 N–H and O–H groups in total. The third kappa shape index (κ3) is 5.55. The Hall–Kier alpha value is -2.60. The van der Waals surface area contributed by atoms with Crippen molar-refractivity contribution >= 4 is 39.5 Å². The van der Waals surface area contributed by atoms with E-state index >= 15 is 0 Å². The highest BCUT2D eigenvalue weighted by Crippen LogP contribution is 2.20. The predicted molar refractivity (Wildman–Crippen MR) is 97.7 cm³/mol. The number of nitrogens with one attached hydrogen (secondary N) is 1. The quantitative estimate of drug-likeness (QED) is 0.744. The molecule has 5 nitrogen and oxygen atoms in total. The minimum Gasteiger partial charge on any atom is -0.484 e. The van der Waals surface area contributed by atoms with E-state index < -0.39 is 5.91 Å². The molecule has 0 bridgehead atoms. The predicted octanol–water partition coefficient (Wildman–Crippen LogP) is 3.27. The van der Waals surface area contributed by atoms with E-state index in [-0.39, 0.29) is 12.5 Å². The molecule has 0 heterocycles. The summed E-state index contributed by atoms with van der Waals surface area (Å²) >= 11 is 3.47. The second kappa shape index (κ2) is 8.31. The van der Waals surface area contributed by atoms with E-state index in [0.29, 0.717) is 11.4 Å². The van der Waals surface area contributed by atoms with Crippen LogP contribution in [0.4, 0.5) is 5.69 Å². The molecule has 0 aliphatic carbocycles. The van der Waals surface area contributed by atoms with Crippen molar-refractivity contribution in [1.82, 2.24) is 0 Å². The van der Waals surface area contributed by atoms with Gasteiger partial charge < -0.3 is 15.8 Å². The number of amides is 2. The summed E-state index contributed by atoms with van der Waals surface area (Å²) in [6.45, 7) is 1.79. The lowest BCUT2D eigenvalue weighted by atomic mass is 10.1. The van der Waals surface area contributed by atoms with Crippen LogP contribution >= 0.6 is 15.9 Å². The van der Waals surface area contributed by atoms with Gasteiger partial charge in [-0.3, -0.25) is 9.59 Å². The van der Waals surface area contributed by atoms with Crippen molar-refractivity contribution < 1.29 is 14.3 Å². The lowest BCUT2D eigenvalue weighted by Gasteiger charge is -2.07. The maximum absolute atomic E-state index is 12.0. The normalized spacial score (nSPS) is 10.6. The van der Waals surface area contributed by atoms with Crippen molar-refractivity contribution in [2.45, 2.75) is 6.92 Å². The minimum absolute atomic E-state index is 0.210. The molecular formula is C18H17BrN2O3. The van der Waals surface area contributed by atoms with Gasteiger partial charge in [0.25, 0.3) is 5.91 Å². The first-order valence-corrected chi connectivity index (χ1v) is 8.00. The average molecular weight is 389 g/mol. The number of ether oxygens (including phenoxy) is 1. The molecule has 24 heavy (non-hydrogen) atoms. The van der Waals surface area contributed by atoms with Gasteiger partial charge in [0.1, 0.15) is 5.75 Å². The van der Waals surface area contributed by atoms with Crippen LogP contribution in [0, 0.1) is 6.92 Å². The van der Waals surface area contributed by atoms with E-state index in [1.54, 1.807) is 30.3 Å². The molecule has 6 heteroatoms. The Morgan fingerprint density at radius 3 is 2.75 bits per heavy atom. The Kier molecular flexibility index (Phi) is 6.14. The lowest BCUT2D eigenvalue weighted by molar-refractivity contribution is -0.120. The zero-order chi connectivity index (χ0) is 17.5. The summed E-state index contributed by atoms with van der Waals surface area (Å²) in [5, 5.41) is 2.73. The molecule has 2 rings (SSSR count). The number of benzene rings is 2. The fourth-order valence-electron chi connectivity index (χ4n) is 1.93. The molecule has 0 fully saturated rings. The number of carbonyl (C=O) groups is 2. The van der Waals surface area contributed by atoms with Crippen molar-refractivity contribution in [1.29, 1.82) is 0 Å². The molecule has 0 aromatic heterocycles. The van der Waals surface area contributed by atoms with Gasteiger partial charge in [-0.2, -0.15) is 0 Å². The number of primary amides is 1. The van der Waals surface area contributed by atoms with Gasteiger partial charge in [0, 0.05) is 22.3 Å². The van der Waals surface area contributed by atoms with E-state index in [2.05, 4.69) is 21.2 Å². The zero-order valence-corrected chi connectivity index (χ0v) is 14.7. The molecule has 0 saturated heterocycles. The van der Waals surface area contributed by atoms with Crippen LogP contribution in [0.25, 0.3) is 6.08 Å². The van der Waals surface area contributed by atoms with Gasteiger partial charge in [-0.15, -0.1) is 0 Å². The Morgan fingerprint density at radius 2 is 2.04 bits per heavy atom. The Labute approximate surface area is 148 Å². The highest BCUT2D eigenvalue weighted by molar-refractivity contribution is 9.10. The highest BCUT2D eigenvalue weighted by atomic mass is 79.9. The van der Waals surface area contributed by atoms with Gasteiger partial charge in [-0.05, 0) is 42.3 Å². The smallest absolute Gasteiger partial charge is 0.255 e. The molecular weight excluding hydrogens is 372 g/mol. The number of rotatable bonds is 6. The van der Waals surface area contributed by atoms with Crippen molar-refractivity contribution in [3.8, 4) is 5.75 Å². The van der Waals surface area contributed by atoms with Crippen molar-refractivity contribution in [3.63, 3.8) is 0 Å². The van der Waals surface area contributed by atoms with Gasteiger partial charge in [0.05, 0.1) is 0 Å². The molecule has 0 aliphatic heterocycles. The summed E-state index contributed by atoms with van der Waals surface area (Å²) in [6, 6.07) is 12.6. The summed E-state index contributed by atoms with van der Waals surface area (Å²) in [7, 11) is 0. The second-order valence-electron chi connectivity index (χ2n) is 5.13. The fraction of sp³-hybridized carbons (Fsp3) is 0.111. The maximum atomic E-state index is 12.0. The standard InChI is InChI=1S/C18H17BrN2O3/c1-12-5-6-13(16(19)9-12)7-8-18(23)21-14-3-2-4-15(10-14)24-11-17(20)22/h2-10H,11H2,1H3,(H2,20,22)(H,21,23)/b8-7+. The molecule has 0 unspecified atom stereocenters.